The van der Waals surface area contributed by atoms with E-state index in [4.69, 9.17) is 15.9 Å². The van der Waals surface area contributed by atoms with E-state index in [1.165, 1.54) is 16.2 Å². The lowest BCUT2D eigenvalue weighted by molar-refractivity contribution is -0.135. The van der Waals surface area contributed by atoms with Crippen LogP contribution >= 0.6 is 11.3 Å². The smallest absolute Gasteiger partial charge is 0.408 e. The zero-order chi connectivity index (χ0) is 28.3. The highest BCUT2D eigenvalue weighted by Gasteiger charge is 2.27. The molecule has 0 fully saturated rings. The number of nitrogens with one attached hydrogen (secondary N) is 4. The van der Waals surface area contributed by atoms with Gasteiger partial charge in [0.05, 0.1) is 22.8 Å². The number of Topliss-reactive ketones (excluding diaryl/α,β-unsaturated/α-hetero) is 1. The van der Waals surface area contributed by atoms with E-state index in [2.05, 4.69) is 20.9 Å². The molecule has 2 aromatic rings. The fraction of sp³-hybridized carbons (Fsp3) is 0.520. The highest BCUT2D eigenvalue weighted by molar-refractivity contribution is 7.20. The number of hydrogen-bond donors (Lipinski definition) is 5. The van der Waals surface area contributed by atoms with E-state index >= 15 is 0 Å². The highest BCUT2D eigenvalue weighted by Crippen LogP contribution is 2.23. The number of ketones is 1. The number of carbonyl (C=O) groups is 4. The van der Waals surface area contributed by atoms with Crippen molar-refractivity contribution in [3.8, 4) is 0 Å². The molecule has 0 saturated carbocycles. The maximum Gasteiger partial charge on any atom is 0.408 e. The molecule has 0 saturated heterocycles. The van der Waals surface area contributed by atoms with Crippen LogP contribution in [0.15, 0.2) is 24.3 Å². The summed E-state index contributed by atoms with van der Waals surface area (Å²) in [6.45, 7) is 7.04. The first kappa shape index (κ1) is 30.5. The van der Waals surface area contributed by atoms with Crippen molar-refractivity contribution in [2.24, 2.45) is 5.73 Å². The van der Waals surface area contributed by atoms with Gasteiger partial charge in [-0.25, -0.2) is 9.78 Å². The van der Waals surface area contributed by atoms with Crippen molar-refractivity contribution in [3.05, 3.63) is 29.3 Å². The van der Waals surface area contributed by atoms with Crippen molar-refractivity contribution in [2.75, 3.05) is 26.2 Å². The van der Waals surface area contributed by atoms with Crippen molar-refractivity contribution in [2.45, 2.75) is 58.6 Å². The van der Waals surface area contributed by atoms with E-state index in [1.807, 2.05) is 31.2 Å². The molecule has 0 aliphatic heterocycles. The van der Waals surface area contributed by atoms with Gasteiger partial charge in [0, 0.05) is 13.1 Å². The van der Waals surface area contributed by atoms with Crippen molar-refractivity contribution in [1.82, 2.24) is 25.8 Å². The number of ether oxygens (including phenoxy) is 1. The van der Waals surface area contributed by atoms with Gasteiger partial charge in [0.1, 0.15) is 12.1 Å². The Kier molecular flexibility index (Phi) is 11.4. The summed E-state index contributed by atoms with van der Waals surface area (Å²) in [7, 11) is 0. The number of aromatic nitrogens is 1. The van der Waals surface area contributed by atoms with Crippen molar-refractivity contribution >= 4 is 51.2 Å². The third kappa shape index (κ3) is 10.3. The maximum atomic E-state index is 13.3. The van der Waals surface area contributed by atoms with E-state index < -0.39 is 29.6 Å². The van der Waals surface area contributed by atoms with Gasteiger partial charge in [-0.1, -0.05) is 19.1 Å². The standard InChI is InChI=1S/C25H37N7O5S/c1-5-13-32(20(34)14-29-24(36)37-25(2,3)4)15-19(33)30-17(10-8-12-28-23(26)27)21(35)22-31-16-9-6-7-11-18(16)38-22/h6-7,9,11,17H,5,8,10,12-15H2,1-4H3,(H,29,36)(H,30,33)(H4,26,27,28). The molecular formula is C25H37N7O5S. The summed E-state index contributed by atoms with van der Waals surface area (Å²) >= 11 is 1.25. The Hall–Kier alpha value is -3.74. The van der Waals surface area contributed by atoms with Crippen LogP contribution in [-0.2, 0) is 14.3 Å². The molecule has 0 radical (unpaired) electrons. The number of thiazole rings is 1. The first-order valence-corrected chi connectivity index (χ1v) is 13.2. The van der Waals surface area contributed by atoms with Gasteiger partial charge >= 0.3 is 6.09 Å². The quantitative estimate of drug-likeness (QED) is 0.109. The van der Waals surface area contributed by atoms with Gasteiger partial charge in [-0.05, 0) is 52.2 Å². The minimum absolute atomic E-state index is 0.184. The molecule has 38 heavy (non-hydrogen) atoms. The first-order chi connectivity index (χ1) is 17.9. The number of amides is 3. The summed E-state index contributed by atoms with van der Waals surface area (Å²) < 4.78 is 6.00. The van der Waals surface area contributed by atoms with E-state index in [0.717, 1.165) is 4.70 Å². The molecule has 208 valence electrons. The normalized spacial score (nSPS) is 11.9. The third-order valence-corrected chi connectivity index (χ3v) is 6.16. The summed E-state index contributed by atoms with van der Waals surface area (Å²) in [6.07, 6.45) is 0.602. The lowest BCUT2D eigenvalue weighted by Gasteiger charge is -2.24. The second-order valence-electron chi connectivity index (χ2n) is 9.62. The maximum absolute atomic E-state index is 13.3. The molecule has 1 unspecified atom stereocenters. The molecule has 0 spiro atoms. The first-order valence-electron chi connectivity index (χ1n) is 12.4. The molecule has 0 bridgehead atoms. The Morgan fingerprint density at radius 3 is 2.53 bits per heavy atom. The van der Waals surface area contributed by atoms with Crippen LogP contribution in [0, 0.1) is 5.41 Å². The van der Waals surface area contributed by atoms with Gasteiger partial charge in [0.15, 0.2) is 11.0 Å². The lowest BCUT2D eigenvalue weighted by Crippen LogP contribution is -2.49. The minimum atomic E-state index is -0.879. The zero-order valence-electron chi connectivity index (χ0n) is 22.3. The molecule has 2 rings (SSSR count). The Morgan fingerprint density at radius 1 is 1.18 bits per heavy atom. The Morgan fingerprint density at radius 2 is 1.89 bits per heavy atom. The van der Waals surface area contributed by atoms with Gasteiger partial charge in [0.25, 0.3) is 0 Å². The number of fused-ring (bicyclic) bond motifs is 1. The predicted molar refractivity (Wildman–Crippen MR) is 146 cm³/mol. The second-order valence-corrected chi connectivity index (χ2v) is 10.7. The predicted octanol–water partition coefficient (Wildman–Crippen LogP) is 1.99. The van der Waals surface area contributed by atoms with Crippen LogP contribution in [0.3, 0.4) is 0 Å². The molecule has 0 aliphatic rings. The van der Waals surface area contributed by atoms with Crippen LogP contribution in [0.25, 0.3) is 10.2 Å². The van der Waals surface area contributed by atoms with E-state index in [-0.39, 0.29) is 36.3 Å². The Balaban J connectivity index is 2.07. The minimum Gasteiger partial charge on any atom is -0.444 e. The number of carbonyl (C=O) groups excluding carboxylic acids is 4. The van der Waals surface area contributed by atoms with E-state index in [0.29, 0.717) is 31.4 Å². The fourth-order valence-corrected chi connectivity index (χ4v) is 4.43. The van der Waals surface area contributed by atoms with Crippen molar-refractivity contribution in [3.63, 3.8) is 0 Å². The van der Waals surface area contributed by atoms with Gasteiger partial charge in [0.2, 0.25) is 17.6 Å². The number of nitrogens with zero attached hydrogens (tertiary/aromatic N) is 2. The Bertz CT molecular complexity index is 1110. The molecule has 1 aromatic carbocycles. The van der Waals surface area contributed by atoms with Crippen LogP contribution in [0.1, 0.15) is 56.8 Å². The van der Waals surface area contributed by atoms with E-state index in [9.17, 15) is 19.2 Å². The molecular weight excluding hydrogens is 510 g/mol. The molecule has 12 nitrogen and oxygen atoms in total. The van der Waals surface area contributed by atoms with Gasteiger partial charge in [-0.3, -0.25) is 19.8 Å². The summed E-state index contributed by atoms with van der Waals surface area (Å²) in [6, 6.07) is 6.49. The summed E-state index contributed by atoms with van der Waals surface area (Å²) in [4.78, 5) is 56.6. The van der Waals surface area contributed by atoms with Gasteiger partial charge in [-0.15, -0.1) is 11.3 Å². The van der Waals surface area contributed by atoms with Gasteiger partial charge < -0.3 is 31.3 Å². The zero-order valence-corrected chi connectivity index (χ0v) is 23.1. The number of hydrogen-bond acceptors (Lipinski definition) is 8. The number of rotatable bonds is 13. The monoisotopic (exact) mass is 547 g/mol. The van der Waals surface area contributed by atoms with Crippen molar-refractivity contribution < 1.29 is 23.9 Å². The van der Waals surface area contributed by atoms with Crippen LogP contribution in [0.5, 0.6) is 0 Å². The third-order valence-electron chi connectivity index (χ3n) is 5.10. The van der Waals surface area contributed by atoms with E-state index in [1.54, 1.807) is 20.8 Å². The number of guanidine groups is 1. The fourth-order valence-electron chi connectivity index (χ4n) is 3.47. The number of nitrogens with two attached hydrogens (primary N) is 1. The SMILES string of the molecule is CCCN(CC(=O)NC(CCCNC(=N)N)C(=O)c1nc2ccccc2s1)C(=O)CNC(=O)OC(C)(C)C. The summed E-state index contributed by atoms with van der Waals surface area (Å²) in [5.74, 6) is -1.48. The van der Waals surface area contributed by atoms with Crippen LogP contribution < -0.4 is 21.7 Å². The highest BCUT2D eigenvalue weighted by atomic mass is 32.1. The molecule has 3 amide bonds. The second kappa shape index (κ2) is 14.3. The number of benzene rings is 1. The van der Waals surface area contributed by atoms with Crippen LogP contribution in [-0.4, -0.2) is 77.4 Å². The molecule has 0 aliphatic carbocycles. The summed E-state index contributed by atoms with van der Waals surface area (Å²) in [5, 5.41) is 15.4. The average molecular weight is 548 g/mol. The molecule has 6 N–H and O–H groups in total. The number of alkyl carbamates (subject to hydrolysis) is 1. The molecule has 1 atom stereocenters. The number of para-hydroxylation sites is 1. The topological polar surface area (TPSA) is 180 Å². The molecule has 1 heterocycles. The molecule has 1 aromatic heterocycles. The Labute approximate surface area is 226 Å². The largest absolute Gasteiger partial charge is 0.444 e. The van der Waals surface area contributed by atoms with Crippen LogP contribution in [0.4, 0.5) is 4.79 Å². The van der Waals surface area contributed by atoms with Gasteiger partial charge in [-0.2, -0.15) is 0 Å². The van der Waals surface area contributed by atoms with Crippen LogP contribution in [0.2, 0.25) is 0 Å². The van der Waals surface area contributed by atoms with Crippen molar-refractivity contribution in [1.29, 1.82) is 5.41 Å². The average Bonchev–Trinajstić information content (AvgIpc) is 3.27. The molecule has 13 heteroatoms. The lowest BCUT2D eigenvalue weighted by atomic mass is 10.1. The summed E-state index contributed by atoms with van der Waals surface area (Å²) in [5.41, 5.74) is 5.31.